The van der Waals surface area contributed by atoms with Crippen LogP contribution >= 0.6 is 0 Å². The van der Waals surface area contributed by atoms with Gasteiger partial charge in [-0.2, -0.15) is 0 Å². The van der Waals surface area contributed by atoms with Gasteiger partial charge in [-0.3, -0.25) is 15.0 Å². The molecule has 3 rings (SSSR count). The van der Waals surface area contributed by atoms with E-state index in [2.05, 4.69) is 17.0 Å². The van der Waals surface area contributed by atoms with Crippen molar-refractivity contribution in [2.75, 3.05) is 26.8 Å². The van der Waals surface area contributed by atoms with Gasteiger partial charge in [-0.05, 0) is 49.6 Å². The van der Waals surface area contributed by atoms with E-state index in [1.54, 1.807) is 25.3 Å². The zero-order valence-corrected chi connectivity index (χ0v) is 15.0. The maximum Gasteiger partial charge on any atom is 0.310 e. The minimum atomic E-state index is -0.406. The molecule has 1 unspecified atom stereocenters. The van der Waals surface area contributed by atoms with Crippen LogP contribution in [0.3, 0.4) is 0 Å². The van der Waals surface area contributed by atoms with E-state index < -0.39 is 4.92 Å². The minimum absolute atomic E-state index is 0.0156. The predicted octanol–water partition coefficient (Wildman–Crippen LogP) is 3.69. The highest BCUT2D eigenvalue weighted by atomic mass is 16.6. The Morgan fingerprint density at radius 2 is 2.08 bits per heavy atom. The standard InChI is InChI=1S/C20H24N2O4/c1-25-18-8-4-6-16(15-18)14-17-7-5-11-21(17)12-13-26-20-10-3-2-9-19(20)22(23)24/h2-4,6,8-10,15,17H,5,7,11-14H2,1H3. The Hall–Kier alpha value is -2.60. The summed E-state index contributed by atoms with van der Waals surface area (Å²) in [6, 6.07) is 15.2. The molecule has 26 heavy (non-hydrogen) atoms. The summed E-state index contributed by atoms with van der Waals surface area (Å²) in [5, 5.41) is 11.1. The second-order valence-electron chi connectivity index (χ2n) is 6.46. The van der Waals surface area contributed by atoms with Crippen LogP contribution in [0.15, 0.2) is 48.5 Å². The highest BCUT2D eigenvalue weighted by molar-refractivity contribution is 5.45. The molecule has 1 atom stereocenters. The number of nitro benzene ring substituents is 1. The first-order valence-electron chi connectivity index (χ1n) is 8.90. The van der Waals surface area contributed by atoms with Crippen LogP contribution in [-0.2, 0) is 6.42 Å². The van der Waals surface area contributed by atoms with Crippen LogP contribution in [0.1, 0.15) is 18.4 Å². The van der Waals surface area contributed by atoms with Crippen molar-refractivity contribution in [3.63, 3.8) is 0 Å². The van der Waals surface area contributed by atoms with E-state index in [1.807, 2.05) is 12.1 Å². The molecule has 0 saturated carbocycles. The summed E-state index contributed by atoms with van der Waals surface area (Å²) >= 11 is 0. The Morgan fingerprint density at radius 1 is 1.23 bits per heavy atom. The van der Waals surface area contributed by atoms with Gasteiger partial charge in [0.05, 0.1) is 12.0 Å². The second-order valence-corrected chi connectivity index (χ2v) is 6.46. The maximum atomic E-state index is 11.1. The van der Waals surface area contributed by atoms with Crippen LogP contribution in [-0.4, -0.2) is 42.7 Å². The van der Waals surface area contributed by atoms with Gasteiger partial charge in [0.25, 0.3) is 0 Å². The summed E-state index contributed by atoms with van der Waals surface area (Å²) in [7, 11) is 1.68. The topological polar surface area (TPSA) is 64.8 Å². The normalized spacial score (nSPS) is 17.2. The van der Waals surface area contributed by atoms with Gasteiger partial charge in [-0.25, -0.2) is 0 Å². The fraction of sp³-hybridized carbons (Fsp3) is 0.400. The van der Waals surface area contributed by atoms with Crippen molar-refractivity contribution in [1.29, 1.82) is 0 Å². The fourth-order valence-electron chi connectivity index (χ4n) is 3.50. The lowest BCUT2D eigenvalue weighted by molar-refractivity contribution is -0.385. The lowest BCUT2D eigenvalue weighted by Crippen LogP contribution is -2.34. The molecule has 0 spiro atoms. The van der Waals surface area contributed by atoms with Crippen molar-refractivity contribution in [2.24, 2.45) is 0 Å². The Labute approximate surface area is 153 Å². The van der Waals surface area contributed by atoms with Crippen molar-refractivity contribution in [1.82, 2.24) is 4.90 Å². The number of para-hydroxylation sites is 2. The summed E-state index contributed by atoms with van der Waals surface area (Å²) in [6.45, 7) is 2.25. The third-order valence-corrected chi connectivity index (χ3v) is 4.80. The quantitative estimate of drug-likeness (QED) is 0.533. The van der Waals surface area contributed by atoms with Crippen LogP contribution in [0.2, 0.25) is 0 Å². The molecular formula is C20H24N2O4. The van der Waals surface area contributed by atoms with E-state index in [0.717, 1.165) is 31.7 Å². The number of benzene rings is 2. The Bertz CT molecular complexity index is 750. The van der Waals surface area contributed by atoms with E-state index in [-0.39, 0.29) is 5.69 Å². The number of nitrogens with zero attached hydrogens (tertiary/aromatic N) is 2. The first-order valence-corrected chi connectivity index (χ1v) is 8.90. The summed E-state index contributed by atoms with van der Waals surface area (Å²) < 4.78 is 11.0. The molecule has 1 aliphatic heterocycles. The summed E-state index contributed by atoms with van der Waals surface area (Å²) in [6.07, 6.45) is 3.30. The van der Waals surface area contributed by atoms with E-state index in [0.29, 0.717) is 18.4 Å². The molecule has 1 heterocycles. The molecule has 0 N–H and O–H groups in total. The van der Waals surface area contributed by atoms with Crippen molar-refractivity contribution in [3.8, 4) is 11.5 Å². The van der Waals surface area contributed by atoms with Gasteiger partial charge in [-0.15, -0.1) is 0 Å². The lowest BCUT2D eigenvalue weighted by Gasteiger charge is -2.24. The number of hydrogen-bond donors (Lipinski definition) is 0. The summed E-state index contributed by atoms with van der Waals surface area (Å²) in [5.74, 6) is 1.22. The largest absolute Gasteiger partial charge is 0.497 e. The molecule has 0 aromatic heterocycles. The highest BCUT2D eigenvalue weighted by Gasteiger charge is 2.25. The van der Waals surface area contributed by atoms with Crippen LogP contribution in [0.5, 0.6) is 11.5 Å². The van der Waals surface area contributed by atoms with Crippen molar-refractivity contribution in [3.05, 3.63) is 64.2 Å². The van der Waals surface area contributed by atoms with Gasteiger partial charge in [0.15, 0.2) is 5.75 Å². The van der Waals surface area contributed by atoms with Crippen LogP contribution < -0.4 is 9.47 Å². The highest BCUT2D eigenvalue weighted by Crippen LogP contribution is 2.26. The van der Waals surface area contributed by atoms with Gasteiger partial charge in [0, 0.05) is 18.7 Å². The predicted molar refractivity (Wildman–Crippen MR) is 99.9 cm³/mol. The molecule has 0 amide bonds. The first-order chi connectivity index (χ1) is 12.7. The third kappa shape index (κ3) is 4.52. The molecule has 0 radical (unpaired) electrons. The van der Waals surface area contributed by atoms with Gasteiger partial charge >= 0.3 is 5.69 Å². The smallest absolute Gasteiger partial charge is 0.310 e. The molecule has 1 aliphatic rings. The van der Waals surface area contributed by atoms with E-state index in [1.165, 1.54) is 18.1 Å². The molecule has 1 fully saturated rings. The number of rotatable bonds is 8. The maximum absolute atomic E-state index is 11.1. The molecular weight excluding hydrogens is 332 g/mol. The average Bonchev–Trinajstić information content (AvgIpc) is 3.09. The number of methoxy groups -OCH3 is 1. The Balaban J connectivity index is 1.55. The molecule has 0 bridgehead atoms. The number of hydrogen-bond acceptors (Lipinski definition) is 5. The summed E-state index contributed by atoms with van der Waals surface area (Å²) in [4.78, 5) is 13.1. The Kier molecular flexibility index (Phi) is 6.07. The molecule has 0 aliphatic carbocycles. The first kappa shape index (κ1) is 18.2. The lowest BCUT2D eigenvalue weighted by atomic mass is 10.0. The molecule has 2 aromatic carbocycles. The monoisotopic (exact) mass is 356 g/mol. The van der Waals surface area contributed by atoms with Gasteiger partial charge < -0.3 is 9.47 Å². The SMILES string of the molecule is COc1cccc(CC2CCCN2CCOc2ccccc2[N+](=O)[O-])c1. The average molecular weight is 356 g/mol. The second kappa shape index (κ2) is 8.67. The molecule has 2 aromatic rings. The molecule has 6 heteroatoms. The van der Waals surface area contributed by atoms with Crippen molar-refractivity contribution >= 4 is 5.69 Å². The van der Waals surface area contributed by atoms with Crippen LogP contribution in [0, 0.1) is 10.1 Å². The van der Waals surface area contributed by atoms with Crippen molar-refractivity contribution < 1.29 is 14.4 Å². The zero-order valence-electron chi connectivity index (χ0n) is 15.0. The zero-order chi connectivity index (χ0) is 18.4. The van der Waals surface area contributed by atoms with Gasteiger partial charge in [-0.1, -0.05) is 24.3 Å². The van der Waals surface area contributed by atoms with E-state index >= 15 is 0 Å². The van der Waals surface area contributed by atoms with E-state index in [9.17, 15) is 10.1 Å². The van der Waals surface area contributed by atoms with Gasteiger partial charge in [0.1, 0.15) is 12.4 Å². The number of nitro groups is 1. The third-order valence-electron chi connectivity index (χ3n) is 4.80. The molecule has 138 valence electrons. The fourth-order valence-corrected chi connectivity index (χ4v) is 3.50. The molecule has 6 nitrogen and oxygen atoms in total. The van der Waals surface area contributed by atoms with Crippen molar-refractivity contribution in [2.45, 2.75) is 25.3 Å². The summed E-state index contributed by atoms with van der Waals surface area (Å²) in [5.41, 5.74) is 1.28. The molecule has 1 saturated heterocycles. The van der Waals surface area contributed by atoms with E-state index in [4.69, 9.17) is 9.47 Å². The van der Waals surface area contributed by atoms with Crippen LogP contribution in [0.4, 0.5) is 5.69 Å². The number of likely N-dealkylation sites (tertiary alicyclic amines) is 1. The van der Waals surface area contributed by atoms with Crippen LogP contribution in [0.25, 0.3) is 0 Å². The number of ether oxygens (including phenoxy) is 2. The minimum Gasteiger partial charge on any atom is -0.497 e. The van der Waals surface area contributed by atoms with Gasteiger partial charge in [0.2, 0.25) is 0 Å². The Morgan fingerprint density at radius 3 is 2.88 bits per heavy atom.